The number of nitrogens with one attached hydrogen (secondary N) is 1. The molecule has 0 fully saturated rings. The quantitative estimate of drug-likeness (QED) is 0.552. The summed E-state index contributed by atoms with van der Waals surface area (Å²) in [4.78, 5) is 28.2. The van der Waals surface area contributed by atoms with Crippen LogP contribution in [0.4, 0.5) is 5.69 Å². The minimum Gasteiger partial charge on any atom is -0.350 e. The summed E-state index contributed by atoms with van der Waals surface area (Å²) in [5.74, 6) is -0.758. The van der Waals surface area contributed by atoms with E-state index in [1.54, 1.807) is 24.3 Å². The molecule has 0 aliphatic carbocycles. The smallest absolute Gasteiger partial charge is 0.244 e. The molecule has 186 valence electrons. The molecule has 0 heterocycles. The molecule has 0 bridgehead atoms. The molecule has 2 amide bonds. The fourth-order valence-corrected chi connectivity index (χ4v) is 4.58. The molecule has 1 atom stereocenters. The third-order valence-electron chi connectivity index (χ3n) is 5.11. The van der Waals surface area contributed by atoms with Crippen molar-refractivity contribution in [1.29, 1.82) is 0 Å². The number of hydrogen-bond acceptors (Lipinski definition) is 4. The normalized spacial score (nSPS) is 12.7. The molecular formula is C25H34ClN3O4S. The number of sulfonamides is 1. The Morgan fingerprint density at radius 3 is 2.21 bits per heavy atom. The van der Waals surface area contributed by atoms with Crippen LogP contribution in [0.25, 0.3) is 0 Å². The molecule has 0 radical (unpaired) electrons. The Morgan fingerprint density at radius 1 is 1.09 bits per heavy atom. The molecule has 2 aromatic carbocycles. The van der Waals surface area contributed by atoms with Crippen LogP contribution in [0.1, 0.15) is 45.2 Å². The number of aryl methyl sites for hydroxylation is 1. The number of carbonyl (C=O) groups is 2. The lowest BCUT2D eigenvalue weighted by Gasteiger charge is -2.34. The van der Waals surface area contributed by atoms with E-state index in [2.05, 4.69) is 5.32 Å². The van der Waals surface area contributed by atoms with E-state index in [1.807, 2.05) is 58.9 Å². The van der Waals surface area contributed by atoms with E-state index in [-0.39, 0.29) is 12.5 Å². The van der Waals surface area contributed by atoms with Crippen LogP contribution in [0.15, 0.2) is 48.5 Å². The van der Waals surface area contributed by atoms with Gasteiger partial charge in [0, 0.05) is 17.1 Å². The van der Waals surface area contributed by atoms with Gasteiger partial charge in [0.25, 0.3) is 0 Å². The molecule has 2 aromatic rings. The van der Waals surface area contributed by atoms with Crippen LogP contribution in [-0.4, -0.2) is 49.5 Å². The lowest BCUT2D eigenvalue weighted by molar-refractivity contribution is -0.141. The summed E-state index contributed by atoms with van der Waals surface area (Å²) in [7, 11) is -3.78. The molecule has 0 aliphatic rings. The average Bonchev–Trinajstić information content (AvgIpc) is 2.70. The zero-order valence-electron chi connectivity index (χ0n) is 20.6. The van der Waals surface area contributed by atoms with E-state index in [4.69, 9.17) is 11.6 Å². The Labute approximate surface area is 208 Å². The maximum absolute atomic E-state index is 13.6. The lowest BCUT2D eigenvalue weighted by Crippen LogP contribution is -2.55. The summed E-state index contributed by atoms with van der Waals surface area (Å²) in [6.45, 7) is 9.13. The van der Waals surface area contributed by atoms with Crippen molar-refractivity contribution in [2.75, 3.05) is 17.1 Å². The number of anilines is 1. The van der Waals surface area contributed by atoms with Crippen molar-refractivity contribution >= 4 is 39.1 Å². The van der Waals surface area contributed by atoms with Gasteiger partial charge in [-0.1, -0.05) is 48.4 Å². The summed E-state index contributed by atoms with van der Waals surface area (Å²) >= 11 is 5.95. The molecule has 0 saturated carbocycles. The van der Waals surface area contributed by atoms with Crippen molar-refractivity contribution in [2.24, 2.45) is 0 Å². The van der Waals surface area contributed by atoms with E-state index in [1.165, 1.54) is 4.90 Å². The topological polar surface area (TPSA) is 86.8 Å². The number of hydrogen-bond donors (Lipinski definition) is 1. The van der Waals surface area contributed by atoms with E-state index in [0.29, 0.717) is 17.1 Å². The third kappa shape index (κ3) is 8.02. The third-order valence-corrected chi connectivity index (χ3v) is 6.51. The monoisotopic (exact) mass is 507 g/mol. The molecule has 9 heteroatoms. The van der Waals surface area contributed by atoms with E-state index in [0.717, 1.165) is 21.7 Å². The van der Waals surface area contributed by atoms with Crippen molar-refractivity contribution < 1.29 is 18.0 Å². The van der Waals surface area contributed by atoms with E-state index < -0.39 is 34.1 Å². The standard InChI is InChI=1S/C25H34ClN3O4S/c1-7-22(24(31)27-25(3,4)5)28(16-19-10-8-9-18(2)15-19)23(30)17-29(34(6,32)33)21-13-11-20(26)12-14-21/h8-15,22H,7,16-17H2,1-6H3,(H,27,31). The highest BCUT2D eigenvalue weighted by Crippen LogP contribution is 2.22. The Kier molecular flexibility index (Phi) is 9.14. The molecular weight excluding hydrogens is 474 g/mol. The van der Waals surface area contributed by atoms with Gasteiger partial charge in [0.1, 0.15) is 12.6 Å². The lowest BCUT2D eigenvalue weighted by atomic mass is 10.0. The maximum Gasteiger partial charge on any atom is 0.244 e. The summed E-state index contributed by atoms with van der Waals surface area (Å²) < 4.78 is 26.2. The molecule has 0 aliphatic heterocycles. The van der Waals surface area contributed by atoms with Gasteiger partial charge in [-0.25, -0.2) is 8.42 Å². The highest BCUT2D eigenvalue weighted by Gasteiger charge is 2.33. The second-order valence-corrected chi connectivity index (χ2v) is 11.8. The second kappa shape index (κ2) is 11.2. The van der Waals surface area contributed by atoms with Gasteiger partial charge in [0.2, 0.25) is 21.8 Å². The van der Waals surface area contributed by atoms with Crippen molar-refractivity contribution in [3.63, 3.8) is 0 Å². The summed E-state index contributed by atoms with van der Waals surface area (Å²) in [5, 5.41) is 3.40. The van der Waals surface area contributed by atoms with Crippen LogP contribution in [0, 0.1) is 6.92 Å². The van der Waals surface area contributed by atoms with Crippen LogP contribution in [-0.2, 0) is 26.2 Å². The van der Waals surface area contributed by atoms with Crippen LogP contribution < -0.4 is 9.62 Å². The number of nitrogens with zero attached hydrogens (tertiary/aromatic N) is 2. The Hall–Kier alpha value is -2.58. The number of carbonyl (C=O) groups excluding carboxylic acids is 2. The maximum atomic E-state index is 13.6. The van der Waals surface area contributed by atoms with Crippen molar-refractivity contribution in [2.45, 2.75) is 59.2 Å². The van der Waals surface area contributed by atoms with Gasteiger partial charge in [0.15, 0.2) is 0 Å². The van der Waals surface area contributed by atoms with Crippen molar-refractivity contribution in [1.82, 2.24) is 10.2 Å². The molecule has 0 aromatic heterocycles. The number of amides is 2. The first-order chi connectivity index (χ1) is 15.7. The van der Waals surface area contributed by atoms with Gasteiger partial charge in [-0.15, -0.1) is 0 Å². The molecule has 7 nitrogen and oxygen atoms in total. The first-order valence-electron chi connectivity index (χ1n) is 11.1. The molecule has 2 rings (SSSR count). The molecule has 0 spiro atoms. The molecule has 1 N–H and O–H groups in total. The molecule has 34 heavy (non-hydrogen) atoms. The van der Waals surface area contributed by atoms with E-state index >= 15 is 0 Å². The van der Waals surface area contributed by atoms with Crippen LogP contribution in [0.5, 0.6) is 0 Å². The van der Waals surface area contributed by atoms with Crippen molar-refractivity contribution in [3.05, 3.63) is 64.7 Å². The Bertz CT molecular complexity index is 1110. The zero-order valence-corrected chi connectivity index (χ0v) is 22.2. The average molecular weight is 508 g/mol. The number of benzene rings is 2. The Balaban J connectivity index is 2.45. The zero-order chi connectivity index (χ0) is 25.7. The first-order valence-corrected chi connectivity index (χ1v) is 13.3. The summed E-state index contributed by atoms with van der Waals surface area (Å²) in [6.07, 6.45) is 1.42. The minimum absolute atomic E-state index is 0.175. The summed E-state index contributed by atoms with van der Waals surface area (Å²) in [5.41, 5.74) is 1.72. The first kappa shape index (κ1) is 27.7. The molecule has 0 saturated heterocycles. The second-order valence-electron chi connectivity index (χ2n) is 9.42. The number of halogens is 1. The highest BCUT2D eigenvalue weighted by atomic mass is 35.5. The largest absolute Gasteiger partial charge is 0.350 e. The van der Waals surface area contributed by atoms with Gasteiger partial charge in [-0.2, -0.15) is 0 Å². The van der Waals surface area contributed by atoms with Crippen LogP contribution in [0.2, 0.25) is 5.02 Å². The fraction of sp³-hybridized carbons (Fsp3) is 0.440. The van der Waals surface area contributed by atoms with Crippen LogP contribution >= 0.6 is 11.6 Å². The van der Waals surface area contributed by atoms with Gasteiger partial charge >= 0.3 is 0 Å². The summed E-state index contributed by atoms with van der Waals surface area (Å²) in [6, 6.07) is 13.1. The van der Waals surface area contributed by atoms with Gasteiger partial charge in [-0.05, 0) is 63.9 Å². The Morgan fingerprint density at radius 2 is 1.71 bits per heavy atom. The van der Waals surface area contributed by atoms with Gasteiger partial charge in [0.05, 0.1) is 11.9 Å². The van der Waals surface area contributed by atoms with Crippen LogP contribution in [0.3, 0.4) is 0 Å². The van der Waals surface area contributed by atoms with Crippen molar-refractivity contribution in [3.8, 4) is 0 Å². The van der Waals surface area contributed by atoms with Gasteiger partial charge < -0.3 is 10.2 Å². The minimum atomic E-state index is -3.78. The fourth-order valence-electron chi connectivity index (χ4n) is 3.60. The SMILES string of the molecule is CCC(C(=O)NC(C)(C)C)N(Cc1cccc(C)c1)C(=O)CN(c1ccc(Cl)cc1)S(C)(=O)=O. The predicted octanol–water partition coefficient (Wildman–Crippen LogP) is 4.14. The van der Waals surface area contributed by atoms with Gasteiger partial charge in [-0.3, -0.25) is 13.9 Å². The van der Waals surface area contributed by atoms with E-state index in [9.17, 15) is 18.0 Å². The highest BCUT2D eigenvalue weighted by molar-refractivity contribution is 7.92. The number of rotatable bonds is 9. The molecule has 1 unspecified atom stereocenters. The predicted molar refractivity (Wildman–Crippen MR) is 137 cm³/mol.